The second kappa shape index (κ2) is 5.76. The van der Waals surface area contributed by atoms with Gasteiger partial charge in [0.05, 0.1) is 18.3 Å². The molecule has 0 radical (unpaired) electrons. The predicted octanol–water partition coefficient (Wildman–Crippen LogP) is 2.63. The first kappa shape index (κ1) is 14.9. The van der Waals surface area contributed by atoms with Gasteiger partial charge in [-0.05, 0) is 30.7 Å². The summed E-state index contributed by atoms with van der Waals surface area (Å²) in [4.78, 5) is 31.1. The quantitative estimate of drug-likeness (QED) is 0.682. The number of ether oxygens (including phenoxy) is 2. The molecular weight excluding hydrogens is 328 g/mol. The molecule has 0 atom stereocenters. The zero-order chi connectivity index (χ0) is 16.7. The Morgan fingerprint density at radius 1 is 1.29 bits per heavy atom. The zero-order valence-electron chi connectivity index (χ0n) is 12.9. The van der Waals surface area contributed by atoms with Crippen molar-refractivity contribution in [2.75, 3.05) is 6.79 Å². The van der Waals surface area contributed by atoms with Crippen molar-refractivity contribution >= 4 is 27.3 Å². The van der Waals surface area contributed by atoms with Crippen LogP contribution < -0.4 is 15.0 Å². The van der Waals surface area contributed by atoms with E-state index in [1.165, 1.54) is 22.2 Å². The fraction of sp³-hybridized carbons (Fsp3) is 0.235. The van der Waals surface area contributed by atoms with E-state index in [2.05, 4.69) is 4.98 Å². The van der Waals surface area contributed by atoms with Crippen molar-refractivity contribution in [1.29, 1.82) is 0 Å². The van der Waals surface area contributed by atoms with Crippen LogP contribution in [0.4, 0.5) is 0 Å². The van der Waals surface area contributed by atoms with Gasteiger partial charge in [-0.3, -0.25) is 14.2 Å². The summed E-state index contributed by atoms with van der Waals surface area (Å²) < 4.78 is 11.9. The maximum Gasteiger partial charge on any atom is 0.262 e. The van der Waals surface area contributed by atoms with Crippen molar-refractivity contribution < 1.29 is 14.3 Å². The molecule has 2 aromatic heterocycles. The van der Waals surface area contributed by atoms with Crippen LogP contribution in [0.3, 0.4) is 0 Å². The van der Waals surface area contributed by atoms with Gasteiger partial charge < -0.3 is 9.47 Å². The van der Waals surface area contributed by atoms with Crippen LogP contribution in [0.15, 0.2) is 35.4 Å². The Morgan fingerprint density at radius 2 is 2.12 bits per heavy atom. The number of carbonyl (C=O) groups is 1. The van der Waals surface area contributed by atoms with Crippen molar-refractivity contribution in [2.45, 2.75) is 19.9 Å². The third-order valence-electron chi connectivity index (χ3n) is 3.93. The van der Waals surface area contributed by atoms with Gasteiger partial charge in [0, 0.05) is 10.4 Å². The molecule has 0 bridgehead atoms. The summed E-state index contributed by atoms with van der Waals surface area (Å²) in [7, 11) is 0. The molecule has 7 heteroatoms. The van der Waals surface area contributed by atoms with Gasteiger partial charge in [-0.25, -0.2) is 4.98 Å². The van der Waals surface area contributed by atoms with E-state index >= 15 is 0 Å². The highest BCUT2D eigenvalue weighted by Crippen LogP contribution is 2.32. The van der Waals surface area contributed by atoms with Crippen LogP contribution in [0.5, 0.6) is 11.5 Å². The molecular formula is C17H14N2O4S. The molecule has 3 aromatic rings. The zero-order valence-corrected chi connectivity index (χ0v) is 13.8. The molecule has 0 unspecified atom stereocenters. The molecule has 0 amide bonds. The Balaban J connectivity index is 1.65. The fourth-order valence-electron chi connectivity index (χ4n) is 2.61. The maximum atomic E-state index is 12.5. The number of carbonyl (C=O) groups excluding carboxylic acids is 1. The first-order valence-corrected chi connectivity index (χ1v) is 8.38. The van der Waals surface area contributed by atoms with Crippen LogP contribution in [-0.4, -0.2) is 22.1 Å². The lowest BCUT2D eigenvalue weighted by atomic mass is 10.1. The minimum atomic E-state index is -0.190. The lowest BCUT2D eigenvalue weighted by Crippen LogP contribution is -2.24. The molecule has 6 nitrogen and oxygen atoms in total. The van der Waals surface area contributed by atoms with E-state index in [1.807, 2.05) is 13.0 Å². The van der Waals surface area contributed by atoms with E-state index in [9.17, 15) is 9.59 Å². The van der Waals surface area contributed by atoms with Gasteiger partial charge in [0.1, 0.15) is 4.83 Å². The summed E-state index contributed by atoms with van der Waals surface area (Å²) in [5.41, 5.74) is 0.288. The van der Waals surface area contributed by atoms with Crippen molar-refractivity contribution in [3.63, 3.8) is 0 Å². The van der Waals surface area contributed by atoms with Gasteiger partial charge >= 0.3 is 0 Å². The number of hydrogen-bond acceptors (Lipinski definition) is 6. The lowest BCUT2D eigenvalue weighted by molar-refractivity contribution is 0.0970. The average Bonchev–Trinajstić information content (AvgIpc) is 3.23. The molecule has 122 valence electrons. The molecule has 3 heterocycles. The highest BCUT2D eigenvalue weighted by molar-refractivity contribution is 7.18. The van der Waals surface area contributed by atoms with E-state index in [4.69, 9.17) is 9.47 Å². The van der Waals surface area contributed by atoms with Gasteiger partial charge in [-0.1, -0.05) is 6.92 Å². The summed E-state index contributed by atoms with van der Waals surface area (Å²) in [5.74, 6) is 0.992. The number of aryl methyl sites for hydroxylation is 1. The minimum Gasteiger partial charge on any atom is -0.454 e. The normalized spacial score (nSPS) is 12.7. The molecule has 1 aliphatic rings. The molecule has 0 saturated carbocycles. The summed E-state index contributed by atoms with van der Waals surface area (Å²) in [5, 5.41) is 0.567. The number of aromatic nitrogens is 2. The predicted molar refractivity (Wildman–Crippen MR) is 90.2 cm³/mol. The van der Waals surface area contributed by atoms with Crippen LogP contribution in [0, 0.1) is 0 Å². The number of Topliss-reactive ketones (excluding diaryl/α,β-unsaturated/α-hetero) is 1. The highest BCUT2D eigenvalue weighted by atomic mass is 32.1. The van der Waals surface area contributed by atoms with E-state index < -0.39 is 0 Å². The summed E-state index contributed by atoms with van der Waals surface area (Å²) >= 11 is 1.51. The summed E-state index contributed by atoms with van der Waals surface area (Å²) in [6.45, 7) is 2.13. The van der Waals surface area contributed by atoms with Crippen molar-refractivity contribution in [1.82, 2.24) is 9.55 Å². The Morgan fingerprint density at radius 3 is 2.96 bits per heavy atom. The summed E-state index contributed by atoms with van der Waals surface area (Å²) in [6, 6.07) is 6.87. The third kappa shape index (κ3) is 2.46. The molecule has 0 saturated heterocycles. The Hall–Kier alpha value is -2.67. The molecule has 1 aliphatic heterocycles. The number of benzene rings is 1. The number of nitrogens with zero attached hydrogens (tertiary/aromatic N) is 2. The minimum absolute atomic E-state index is 0.0568. The molecule has 0 spiro atoms. The van der Waals surface area contributed by atoms with Crippen LogP contribution in [0.25, 0.3) is 10.2 Å². The summed E-state index contributed by atoms with van der Waals surface area (Å²) in [6.07, 6.45) is 2.29. The van der Waals surface area contributed by atoms with Crippen molar-refractivity contribution in [2.24, 2.45) is 0 Å². The highest BCUT2D eigenvalue weighted by Gasteiger charge is 2.17. The fourth-order valence-corrected chi connectivity index (χ4v) is 3.54. The SMILES string of the molecule is CCc1cc2c(=O)n(CC(=O)c3ccc4c(c3)OCO4)cnc2s1. The van der Waals surface area contributed by atoms with Gasteiger partial charge in [-0.2, -0.15) is 0 Å². The number of hydrogen-bond donors (Lipinski definition) is 0. The van der Waals surface area contributed by atoms with Gasteiger partial charge in [-0.15, -0.1) is 11.3 Å². The Bertz CT molecular complexity index is 1010. The second-order valence-corrected chi connectivity index (χ2v) is 6.57. The largest absolute Gasteiger partial charge is 0.454 e. The first-order chi connectivity index (χ1) is 11.7. The Kier molecular flexibility index (Phi) is 3.57. The van der Waals surface area contributed by atoms with Gasteiger partial charge in [0.15, 0.2) is 17.3 Å². The Labute approximate surface area is 141 Å². The number of fused-ring (bicyclic) bond motifs is 2. The van der Waals surface area contributed by atoms with Crippen molar-refractivity contribution in [3.8, 4) is 11.5 Å². The second-order valence-electron chi connectivity index (χ2n) is 5.45. The van der Waals surface area contributed by atoms with E-state index in [1.54, 1.807) is 18.2 Å². The molecule has 0 aliphatic carbocycles. The van der Waals surface area contributed by atoms with Gasteiger partial charge in [0.25, 0.3) is 5.56 Å². The van der Waals surface area contributed by atoms with E-state index in [0.717, 1.165) is 11.3 Å². The molecule has 1 aromatic carbocycles. The first-order valence-electron chi connectivity index (χ1n) is 7.56. The van der Waals surface area contributed by atoms with E-state index in [0.29, 0.717) is 27.3 Å². The third-order valence-corrected chi connectivity index (χ3v) is 5.11. The lowest BCUT2D eigenvalue weighted by Gasteiger charge is -2.05. The topological polar surface area (TPSA) is 70.4 Å². The number of thiophene rings is 1. The number of ketones is 1. The molecule has 0 N–H and O–H groups in total. The van der Waals surface area contributed by atoms with E-state index in [-0.39, 0.29) is 24.7 Å². The van der Waals surface area contributed by atoms with Crippen LogP contribution in [0.2, 0.25) is 0 Å². The molecule has 0 fully saturated rings. The van der Waals surface area contributed by atoms with Crippen LogP contribution in [-0.2, 0) is 13.0 Å². The smallest absolute Gasteiger partial charge is 0.262 e. The maximum absolute atomic E-state index is 12.5. The molecule has 4 rings (SSSR count). The number of rotatable bonds is 4. The van der Waals surface area contributed by atoms with Crippen molar-refractivity contribution in [3.05, 3.63) is 51.4 Å². The molecule has 24 heavy (non-hydrogen) atoms. The standard InChI is InChI=1S/C17H14N2O4S/c1-2-11-6-12-16(24-11)18-8-19(17(12)21)7-13(20)10-3-4-14-15(5-10)23-9-22-14/h3-6,8H,2,7,9H2,1H3. The van der Waals surface area contributed by atoms with Crippen LogP contribution in [0.1, 0.15) is 22.2 Å². The monoisotopic (exact) mass is 342 g/mol. The van der Waals surface area contributed by atoms with Crippen LogP contribution >= 0.6 is 11.3 Å². The average molecular weight is 342 g/mol. The van der Waals surface area contributed by atoms with Gasteiger partial charge in [0.2, 0.25) is 6.79 Å².